The van der Waals surface area contributed by atoms with E-state index in [2.05, 4.69) is 4.98 Å². The van der Waals surface area contributed by atoms with Crippen LogP contribution in [0.5, 0.6) is 0 Å². The van der Waals surface area contributed by atoms with Crippen molar-refractivity contribution in [2.45, 2.75) is 0 Å². The summed E-state index contributed by atoms with van der Waals surface area (Å²) in [6.45, 7) is 0. The predicted octanol–water partition coefficient (Wildman–Crippen LogP) is 4.76. The Bertz CT molecular complexity index is 810. The van der Waals surface area contributed by atoms with Gasteiger partial charge in [0.15, 0.2) is 0 Å². The highest BCUT2D eigenvalue weighted by Gasteiger charge is 2.11. The molecular weight excluding hydrogens is 294 g/mol. The van der Waals surface area contributed by atoms with Gasteiger partial charge in [-0.25, -0.2) is 13.8 Å². The lowest BCUT2D eigenvalue weighted by Crippen LogP contribution is -2.12. The summed E-state index contributed by atoms with van der Waals surface area (Å²) >= 11 is 0. The van der Waals surface area contributed by atoms with Gasteiger partial charge in [-0.3, -0.25) is 0 Å². The molecule has 2 aromatic carbocycles. The smallest absolute Gasteiger partial charge is 0.136 e. The normalized spacial score (nSPS) is 10.6. The van der Waals surface area contributed by atoms with Crippen LogP contribution < -0.4 is 4.90 Å². The van der Waals surface area contributed by atoms with E-state index in [9.17, 15) is 8.78 Å². The SMILES string of the molecule is CN(C)c1nc(-c2ccc(F)cc2)ccc1-c1ccc(F)cc1. The molecule has 1 heterocycles. The average molecular weight is 310 g/mol. The van der Waals surface area contributed by atoms with Crippen molar-refractivity contribution in [1.82, 2.24) is 4.98 Å². The first kappa shape index (κ1) is 15.2. The van der Waals surface area contributed by atoms with Crippen molar-refractivity contribution in [3.63, 3.8) is 0 Å². The molecule has 0 spiro atoms. The number of hydrogen-bond donors (Lipinski definition) is 0. The number of rotatable bonds is 3. The lowest BCUT2D eigenvalue weighted by Gasteiger charge is -2.18. The zero-order valence-electron chi connectivity index (χ0n) is 12.9. The fraction of sp³-hybridized carbons (Fsp3) is 0.105. The fourth-order valence-electron chi connectivity index (χ4n) is 2.43. The van der Waals surface area contributed by atoms with Crippen molar-refractivity contribution in [2.24, 2.45) is 0 Å². The van der Waals surface area contributed by atoms with Gasteiger partial charge in [0.05, 0.1) is 5.69 Å². The van der Waals surface area contributed by atoms with Crippen LogP contribution in [0.15, 0.2) is 60.7 Å². The lowest BCUT2D eigenvalue weighted by molar-refractivity contribution is 0.627. The monoisotopic (exact) mass is 310 g/mol. The van der Waals surface area contributed by atoms with E-state index in [-0.39, 0.29) is 11.6 Å². The molecule has 0 saturated heterocycles. The Morgan fingerprint density at radius 3 is 1.74 bits per heavy atom. The predicted molar refractivity (Wildman–Crippen MR) is 89.4 cm³/mol. The third kappa shape index (κ3) is 3.21. The van der Waals surface area contributed by atoms with Gasteiger partial charge in [0.25, 0.3) is 0 Å². The van der Waals surface area contributed by atoms with Gasteiger partial charge < -0.3 is 4.90 Å². The molecule has 0 bridgehead atoms. The van der Waals surface area contributed by atoms with E-state index in [1.54, 1.807) is 24.3 Å². The number of pyridine rings is 1. The van der Waals surface area contributed by atoms with Crippen molar-refractivity contribution in [3.8, 4) is 22.4 Å². The van der Waals surface area contributed by atoms with Crippen molar-refractivity contribution in [1.29, 1.82) is 0 Å². The molecule has 0 fully saturated rings. The van der Waals surface area contributed by atoms with Crippen LogP contribution in [0.25, 0.3) is 22.4 Å². The maximum Gasteiger partial charge on any atom is 0.136 e. The molecule has 23 heavy (non-hydrogen) atoms. The van der Waals surface area contributed by atoms with Crippen LogP contribution in [-0.4, -0.2) is 19.1 Å². The van der Waals surface area contributed by atoms with Crippen LogP contribution >= 0.6 is 0 Å². The Hall–Kier alpha value is -2.75. The summed E-state index contributed by atoms with van der Waals surface area (Å²) in [5.41, 5.74) is 3.42. The van der Waals surface area contributed by atoms with Gasteiger partial charge in [-0.05, 0) is 54.1 Å². The molecule has 116 valence electrons. The third-order valence-corrected chi connectivity index (χ3v) is 3.59. The highest BCUT2D eigenvalue weighted by Crippen LogP contribution is 2.31. The second-order valence-corrected chi connectivity index (χ2v) is 5.48. The summed E-state index contributed by atoms with van der Waals surface area (Å²) in [5, 5.41) is 0. The maximum absolute atomic E-state index is 13.1. The summed E-state index contributed by atoms with van der Waals surface area (Å²) in [7, 11) is 3.81. The molecule has 0 amide bonds. The van der Waals surface area contributed by atoms with Crippen LogP contribution in [0, 0.1) is 11.6 Å². The molecule has 2 nitrogen and oxygen atoms in total. The molecule has 0 saturated carbocycles. The number of nitrogens with zero attached hydrogens (tertiary/aromatic N) is 2. The summed E-state index contributed by atoms with van der Waals surface area (Å²) in [6.07, 6.45) is 0. The molecule has 0 aliphatic heterocycles. The first-order valence-corrected chi connectivity index (χ1v) is 7.25. The molecule has 3 rings (SSSR count). The third-order valence-electron chi connectivity index (χ3n) is 3.59. The first-order valence-electron chi connectivity index (χ1n) is 7.25. The summed E-state index contributed by atoms with van der Waals surface area (Å²) < 4.78 is 26.2. The second-order valence-electron chi connectivity index (χ2n) is 5.48. The van der Waals surface area contributed by atoms with E-state index >= 15 is 0 Å². The Balaban J connectivity index is 2.08. The molecule has 3 aromatic rings. The van der Waals surface area contributed by atoms with Gasteiger partial charge in [0.1, 0.15) is 17.5 Å². The van der Waals surface area contributed by atoms with Crippen LogP contribution in [0.1, 0.15) is 0 Å². The number of hydrogen-bond acceptors (Lipinski definition) is 2. The Kier molecular flexibility index (Phi) is 4.06. The van der Waals surface area contributed by atoms with Gasteiger partial charge in [0.2, 0.25) is 0 Å². The minimum Gasteiger partial charge on any atom is -0.362 e. The number of benzene rings is 2. The molecule has 0 radical (unpaired) electrons. The van der Waals surface area contributed by atoms with Crippen molar-refractivity contribution in [3.05, 3.63) is 72.3 Å². The quantitative estimate of drug-likeness (QED) is 0.693. The molecule has 0 atom stereocenters. The van der Waals surface area contributed by atoms with Crippen LogP contribution in [-0.2, 0) is 0 Å². The van der Waals surface area contributed by atoms with Gasteiger partial charge >= 0.3 is 0 Å². The molecule has 0 aliphatic carbocycles. The summed E-state index contributed by atoms with van der Waals surface area (Å²) in [4.78, 5) is 6.59. The van der Waals surface area contributed by atoms with Crippen molar-refractivity contribution >= 4 is 5.82 Å². The Morgan fingerprint density at radius 2 is 1.22 bits per heavy atom. The number of aromatic nitrogens is 1. The average Bonchev–Trinajstić information content (AvgIpc) is 2.56. The number of anilines is 1. The maximum atomic E-state index is 13.1. The zero-order chi connectivity index (χ0) is 16.4. The molecule has 0 aliphatic rings. The first-order chi connectivity index (χ1) is 11.0. The minimum atomic E-state index is -0.274. The van der Waals surface area contributed by atoms with Gasteiger partial charge in [-0.1, -0.05) is 12.1 Å². The van der Waals surface area contributed by atoms with Crippen LogP contribution in [0.4, 0.5) is 14.6 Å². The molecule has 4 heteroatoms. The highest BCUT2D eigenvalue weighted by atomic mass is 19.1. The van der Waals surface area contributed by atoms with Crippen LogP contribution in [0.2, 0.25) is 0 Å². The summed E-state index contributed by atoms with van der Waals surface area (Å²) in [6, 6.07) is 16.4. The fourth-order valence-corrected chi connectivity index (χ4v) is 2.43. The zero-order valence-corrected chi connectivity index (χ0v) is 12.9. The van der Waals surface area contributed by atoms with Crippen molar-refractivity contribution < 1.29 is 8.78 Å². The standard InChI is InChI=1S/C19H16F2N2/c1-23(2)19-17(13-3-7-15(20)8-4-13)11-12-18(22-19)14-5-9-16(21)10-6-14/h3-12H,1-2H3. The molecule has 0 unspecified atom stereocenters. The van der Waals surface area contributed by atoms with Gasteiger partial charge in [0, 0.05) is 25.2 Å². The summed E-state index contributed by atoms with van der Waals surface area (Å²) in [5.74, 6) is 0.235. The topological polar surface area (TPSA) is 16.1 Å². The van der Waals surface area contributed by atoms with Gasteiger partial charge in [-0.15, -0.1) is 0 Å². The van der Waals surface area contributed by atoms with E-state index in [4.69, 9.17) is 0 Å². The van der Waals surface area contributed by atoms with Gasteiger partial charge in [-0.2, -0.15) is 0 Å². The van der Waals surface area contributed by atoms with Crippen LogP contribution in [0.3, 0.4) is 0 Å². The Morgan fingerprint density at radius 1 is 0.696 bits per heavy atom. The highest BCUT2D eigenvalue weighted by molar-refractivity contribution is 5.78. The molecule has 0 N–H and O–H groups in total. The molecule has 1 aromatic heterocycles. The van der Waals surface area contributed by atoms with Crippen molar-refractivity contribution in [2.75, 3.05) is 19.0 Å². The van der Waals surface area contributed by atoms with E-state index in [1.807, 2.05) is 31.1 Å². The van der Waals surface area contributed by atoms with E-state index in [1.165, 1.54) is 24.3 Å². The molecular formula is C19H16F2N2. The number of halogens is 2. The lowest BCUT2D eigenvalue weighted by atomic mass is 10.0. The second kappa shape index (κ2) is 6.16. The van der Waals surface area contributed by atoms with E-state index in [0.29, 0.717) is 0 Å². The van der Waals surface area contributed by atoms with E-state index < -0.39 is 0 Å². The minimum absolute atomic E-state index is 0.268. The largest absolute Gasteiger partial charge is 0.362 e. The Labute approximate surface area is 134 Å². The van der Waals surface area contributed by atoms with E-state index in [0.717, 1.165) is 28.2 Å².